The van der Waals surface area contributed by atoms with E-state index in [4.69, 9.17) is 0 Å². The van der Waals surface area contributed by atoms with Gasteiger partial charge in [-0.2, -0.15) is 0 Å². The highest BCUT2D eigenvalue weighted by Crippen LogP contribution is 1.91. The molecule has 0 aliphatic heterocycles. The van der Waals surface area contributed by atoms with Gasteiger partial charge >= 0.3 is 0 Å². The molecule has 3 heteroatoms. The smallest absolute Gasteiger partial charge is 0.00506 e. The van der Waals surface area contributed by atoms with E-state index in [2.05, 4.69) is 17.2 Å². The molecule has 1 aliphatic carbocycles. The van der Waals surface area contributed by atoms with Crippen LogP contribution in [0.2, 0.25) is 0 Å². The third kappa shape index (κ3) is 26.7. The topological polar surface area (TPSA) is 78.1 Å². The number of allylic oxidation sites excluding steroid dienone is 4. The van der Waals surface area contributed by atoms with Crippen molar-refractivity contribution in [3.05, 3.63) is 30.7 Å². The van der Waals surface area contributed by atoms with E-state index in [0.29, 0.717) is 0 Å². The second-order valence-corrected chi connectivity index (χ2v) is 0.962. The molecule has 1 aliphatic rings. The lowest BCUT2D eigenvalue weighted by atomic mass is 10.5. The molecule has 0 unspecified atom stereocenters. The molecule has 0 aromatic heterocycles. The zero-order chi connectivity index (χ0) is 9.54. The summed E-state index contributed by atoms with van der Waals surface area (Å²) in [5, 5.41) is 0. The van der Waals surface area contributed by atoms with Gasteiger partial charge in [0.15, 0.2) is 0 Å². The van der Waals surface area contributed by atoms with Gasteiger partial charge in [0.25, 0.3) is 0 Å². The van der Waals surface area contributed by atoms with Gasteiger partial charge in [0.05, 0.1) is 0 Å². The minimum absolute atomic E-state index is 1.50. The van der Waals surface area contributed by atoms with E-state index in [1.165, 1.54) is 21.1 Å². The predicted octanol–water partition coefficient (Wildman–Crippen LogP) is 0.0414. The third-order valence-corrected chi connectivity index (χ3v) is 0.556. The standard InChI is InChI=1S/C5H5.3CH5N/c1-2-4-5-3-1;3*1-2/h1-5H;3*2H2,1H3. The molecule has 0 spiro atoms. The lowest BCUT2D eigenvalue weighted by Crippen LogP contribution is -1.69. The molecule has 0 aromatic rings. The zero-order valence-electron chi connectivity index (χ0n) is 7.62. The van der Waals surface area contributed by atoms with Crippen molar-refractivity contribution in [2.24, 2.45) is 17.2 Å². The first kappa shape index (κ1) is 16.8. The second-order valence-electron chi connectivity index (χ2n) is 0.962. The fourth-order valence-corrected chi connectivity index (χ4v) is 0.321. The van der Waals surface area contributed by atoms with Crippen molar-refractivity contribution in [1.29, 1.82) is 0 Å². The Labute approximate surface area is 69.9 Å². The number of hydrogen-bond acceptors (Lipinski definition) is 3. The van der Waals surface area contributed by atoms with E-state index in [9.17, 15) is 0 Å². The Balaban J connectivity index is -0.0000000933. The van der Waals surface area contributed by atoms with Gasteiger partial charge in [-0.25, -0.2) is 0 Å². The van der Waals surface area contributed by atoms with E-state index in [0.717, 1.165) is 0 Å². The van der Waals surface area contributed by atoms with Crippen molar-refractivity contribution in [3.63, 3.8) is 0 Å². The normalized spacial score (nSPS) is 9.64. The van der Waals surface area contributed by atoms with Crippen LogP contribution in [0.25, 0.3) is 0 Å². The Morgan fingerprint density at radius 1 is 0.545 bits per heavy atom. The Kier molecular flexibility index (Phi) is 52.4. The van der Waals surface area contributed by atoms with Gasteiger partial charge in [-0.05, 0) is 21.1 Å². The largest absolute Gasteiger partial charge is 0.333 e. The minimum Gasteiger partial charge on any atom is -0.333 e. The van der Waals surface area contributed by atoms with Gasteiger partial charge in [0.1, 0.15) is 0 Å². The molecule has 0 saturated heterocycles. The van der Waals surface area contributed by atoms with Crippen LogP contribution in [0.3, 0.4) is 0 Å². The Bertz CT molecular complexity index is 67.4. The average molecular weight is 158 g/mol. The summed E-state index contributed by atoms with van der Waals surface area (Å²) in [6.45, 7) is 0. The molecule has 3 nitrogen and oxygen atoms in total. The molecular formula is C8H20N3. The molecule has 0 fully saturated rings. The number of nitrogens with two attached hydrogens (primary N) is 3. The van der Waals surface area contributed by atoms with Gasteiger partial charge in [-0.15, -0.1) is 0 Å². The Morgan fingerprint density at radius 3 is 0.909 bits per heavy atom. The molecular weight excluding hydrogens is 138 g/mol. The fourth-order valence-electron chi connectivity index (χ4n) is 0.321. The highest BCUT2D eigenvalue weighted by molar-refractivity contribution is 5.23. The third-order valence-electron chi connectivity index (χ3n) is 0.556. The molecule has 0 heterocycles. The van der Waals surface area contributed by atoms with Crippen LogP contribution in [0, 0.1) is 6.42 Å². The van der Waals surface area contributed by atoms with Crippen LogP contribution in [-0.4, -0.2) is 21.1 Å². The summed E-state index contributed by atoms with van der Waals surface area (Å²) >= 11 is 0. The zero-order valence-corrected chi connectivity index (χ0v) is 7.62. The van der Waals surface area contributed by atoms with E-state index >= 15 is 0 Å². The molecule has 0 atom stereocenters. The molecule has 0 aromatic carbocycles. The average Bonchev–Trinajstić information content (AvgIpc) is 2.71. The molecule has 0 bridgehead atoms. The first-order valence-electron chi connectivity index (χ1n) is 3.40. The van der Waals surface area contributed by atoms with Crippen LogP contribution < -0.4 is 17.2 Å². The first-order valence-corrected chi connectivity index (χ1v) is 3.40. The minimum atomic E-state index is 1.50. The molecule has 1 radical (unpaired) electrons. The SMILES string of the molecule is CN.CN.CN.[CH]1C=CC=C1. The van der Waals surface area contributed by atoms with E-state index < -0.39 is 0 Å². The predicted molar refractivity (Wildman–Crippen MR) is 52.9 cm³/mol. The molecule has 0 saturated carbocycles. The maximum absolute atomic E-state index is 4.50. The summed E-state index contributed by atoms with van der Waals surface area (Å²) in [4.78, 5) is 0. The van der Waals surface area contributed by atoms with E-state index in [1.54, 1.807) is 0 Å². The summed E-state index contributed by atoms with van der Waals surface area (Å²) < 4.78 is 0. The monoisotopic (exact) mass is 158 g/mol. The van der Waals surface area contributed by atoms with Gasteiger partial charge in [0, 0.05) is 6.42 Å². The quantitative estimate of drug-likeness (QED) is 0.466. The Morgan fingerprint density at radius 2 is 0.818 bits per heavy atom. The van der Waals surface area contributed by atoms with Crippen LogP contribution in [0.1, 0.15) is 0 Å². The van der Waals surface area contributed by atoms with Crippen molar-refractivity contribution < 1.29 is 0 Å². The van der Waals surface area contributed by atoms with Crippen molar-refractivity contribution in [2.45, 2.75) is 0 Å². The van der Waals surface area contributed by atoms with Gasteiger partial charge in [-0.1, -0.05) is 24.3 Å². The van der Waals surface area contributed by atoms with Crippen molar-refractivity contribution >= 4 is 0 Å². The number of hydrogen-bond donors (Lipinski definition) is 3. The van der Waals surface area contributed by atoms with Crippen molar-refractivity contribution in [2.75, 3.05) is 21.1 Å². The van der Waals surface area contributed by atoms with Crippen LogP contribution in [0.15, 0.2) is 24.3 Å². The molecule has 67 valence electrons. The van der Waals surface area contributed by atoms with Crippen LogP contribution in [-0.2, 0) is 0 Å². The molecule has 0 amide bonds. The van der Waals surface area contributed by atoms with Gasteiger partial charge in [-0.3, -0.25) is 0 Å². The highest BCUT2D eigenvalue weighted by atomic mass is 14.4. The summed E-state index contributed by atoms with van der Waals surface area (Å²) in [5.41, 5.74) is 13.5. The summed E-state index contributed by atoms with van der Waals surface area (Å²) in [5.74, 6) is 0. The van der Waals surface area contributed by atoms with Gasteiger partial charge < -0.3 is 17.2 Å². The number of rotatable bonds is 0. The maximum atomic E-state index is 4.50. The first-order chi connectivity index (χ1) is 5.50. The highest BCUT2D eigenvalue weighted by Gasteiger charge is 1.72. The van der Waals surface area contributed by atoms with Crippen LogP contribution in [0.4, 0.5) is 0 Å². The second kappa shape index (κ2) is 34.4. The van der Waals surface area contributed by atoms with Crippen LogP contribution in [0.5, 0.6) is 0 Å². The molecule has 1 rings (SSSR count). The van der Waals surface area contributed by atoms with Gasteiger partial charge in [0.2, 0.25) is 0 Å². The summed E-state index contributed by atoms with van der Waals surface area (Å²) in [6, 6.07) is 0. The van der Waals surface area contributed by atoms with E-state index in [-0.39, 0.29) is 0 Å². The van der Waals surface area contributed by atoms with E-state index in [1.807, 2.05) is 30.7 Å². The molecule has 11 heavy (non-hydrogen) atoms. The van der Waals surface area contributed by atoms with Crippen molar-refractivity contribution in [1.82, 2.24) is 0 Å². The lowest BCUT2D eigenvalue weighted by molar-refractivity contribution is 1.48. The fraction of sp³-hybridized carbons (Fsp3) is 0.375. The lowest BCUT2D eigenvalue weighted by Gasteiger charge is -1.56. The molecule has 6 N–H and O–H groups in total. The summed E-state index contributed by atoms with van der Waals surface area (Å²) in [7, 11) is 4.50. The summed E-state index contributed by atoms with van der Waals surface area (Å²) in [6.07, 6.45) is 10.0. The van der Waals surface area contributed by atoms with Crippen molar-refractivity contribution in [3.8, 4) is 0 Å². The van der Waals surface area contributed by atoms with Crippen LogP contribution >= 0.6 is 0 Å². The maximum Gasteiger partial charge on any atom is 0.00506 e. The Hall–Kier alpha value is -0.640.